The molecule has 0 saturated carbocycles. The summed E-state index contributed by atoms with van der Waals surface area (Å²) in [6.45, 7) is 5.98. The van der Waals surface area contributed by atoms with Crippen LogP contribution in [0.4, 0.5) is 4.39 Å². The molecule has 2 heterocycles. The van der Waals surface area contributed by atoms with Crippen LogP contribution < -0.4 is 0 Å². The zero-order chi connectivity index (χ0) is 8.77. The van der Waals surface area contributed by atoms with Crippen molar-refractivity contribution in [3.63, 3.8) is 0 Å². The summed E-state index contributed by atoms with van der Waals surface area (Å²) >= 11 is 0. The number of alkyl halides is 1. The molecule has 0 aromatic heterocycles. The number of nitrogens with zero attached hydrogens (tertiary/aromatic N) is 1. The van der Waals surface area contributed by atoms with Crippen molar-refractivity contribution in [3.05, 3.63) is 0 Å². The van der Waals surface area contributed by atoms with Crippen molar-refractivity contribution in [1.82, 2.24) is 4.90 Å². The van der Waals surface area contributed by atoms with Gasteiger partial charge in [0, 0.05) is 25.6 Å². The standard InChI is InChI=1S/C9H16FNO/c1-7(2)11-4-8-3-9(10,5-11)6-12-8/h7-8H,3-6H2,1-2H3/t8-,9?/m1/s1. The number of ether oxygens (including phenoxy) is 1. The maximum atomic E-state index is 13.8. The van der Waals surface area contributed by atoms with Gasteiger partial charge in [-0.05, 0) is 13.8 Å². The van der Waals surface area contributed by atoms with Crippen molar-refractivity contribution < 1.29 is 9.13 Å². The second kappa shape index (κ2) is 2.67. The number of fused-ring (bicyclic) bond motifs is 2. The lowest BCUT2D eigenvalue weighted by Gasteiger charge is -2.36. The molecule has 0 spiro atoms. The number of piperidine rings is 1. The number of rotatable bonds is 1. The molecular formula is C9H16FNO. The maximum absolute atomic E-state index is 13.8. The van der Waals surface area contributed by atoms with Gasteiger partial charge in [0.2, 0.25) is 0 Å². The van der Waals surface area contributed by atoms with Gasteiger partial charge in [-0.15, -0.1) is 0 Å². The van der Waals surface area contributed by atoms with Crippen molar-refractivity contribution in [1.29, 1.82) is 0 Å². The molecular weight excluding hydrogens is 157 g/mol. The fourth-order valence-electron chi connectivity index (χ4n) is 2.10. The zero-order valence-corrected chi connectivity index (χ0v) is 7.72. The molecule has 2 saturated heterocycles. The molecule has 0 aliphatic carbocycles. The molecule has 2 aliphatic heterocycles. The summed E-state index contributed by atoms with van der Waals surface area (Å²) in [5.41, 5.74) is -1.05. The van der Waals surface area contributed by atoms with Crippen LogP contribution in [0.15, 0.2) is 0 Å². The molecule has 2 nitrogen and oxygen atoms in total. The largest absolute Gasteiger partial charge is 0.373 e. The van der Waals surface area contributed by atoms with E-state index in [-0.39, 0.29) is 6.10 Å². The van der Waals surface area contributed by atoms with Gasteiger partial charge in [-0.3, -0.25) is 4.90 Å². The van der Waals surface area contributed by atoms with Crippen LogP contribution in [-0.2, 0) is 4.74 Å². The van der Waals surface area contributed by atoms with Gasteiger partial charge in [0.15, 0.2) is 0 Å². The molecule has 2 fully saturated rings. The molecule has 0 aromatic rings. The van der Waals surface area contributed by atoms with Crippen LogP contribution in [0.25, 0.3) is 0 Å². The Labute approximate surface area is 72.7 Å². The summed E-state index contributed by atoms with van der Waals surface area (Å²) in [5.74, 6) is 0. The summed E-state index contributed by atoms with van der Waals surface area (Å²) in [6, 6.07) is 0.435. The Morgan fingerprint density at radius 1 is 1.58 bits per heavy atom. The van der Waals surface area contributed by atoms with Gasteiger partial charge in [-0.2, -0.15) is 0 Å². The minimum absolute atomic E-state index is 0.145. The zero-order valence-electron chi connectivity index (χ0n) is 7.72. The van der Waals surface area contributed by atoms with Crippen LogP contribution in [-0.4, -0.2) is 42.4 Å². The minimum atomic E-state index is -1.05. The first-order valence-electron chi connectivity index (χ1n) is 4.64. The van der Waals surface area contributed by atoms with Gasteiger partial charge in [-0.25, -0.2) is 4.39 Å². The molecule has 2 aliphatic rings. The van der Waals surface area contributed by atoms with E-state index in [4.69, 9.17) is 4.74 Å². The Morgan fingerprint density at radius 3 is 2.92 bits per heavy atom. The number of likely N-dealkylation sites (tertiary alicyclic amines) is 1. The molecule has 70 valence electrons. The van der Waals surface area contributed by atoms with Crippen molar-refractivity contribution in [2.45, 2.75) is 38.1 Å². The van der Waals surface area contributed by atoms with Crippen LogP contribution in [0, 0.1) is 0 Å². The highest BCUT2D eigenvalue weighted by molar-refractivity contribution is 4.97. The number of hydrogen-bond donors (Lipinski definition) is 0. The highest BCUT2D eigenvalue weighted by Gasteiger charge is 2.46. The molecule has 0 amide bonds. The van der Waals surface area contributed by atoms with E-state index in [0.717, 1.165) is 6.54 Å². The Balaban J connectivity index is 2.06. The quantitative estimate of drug-likeness (QED) is 0.591. The van der Waals surface area contributed by atoms with Crippen LogP contribution in [0.3, 0.4) is 0 Å². The van der Waals surface area contributed by atoms with Gasteiger partial charge < -0.3 is 4.74 Å². The second-order valence-electron chi connectivity index (χ2n) is 4.31. The molecule has 2 rings (SSSR count). The average Bonchev–Trinajstić information content (AvgIpc) is 2.25. The Kier molecular flexibility index (Phi) is 1.88. The lowest BCUT2D eigenvalue weighted by atomic mass is 9.96. The Morgan fingerprint density at radius 2 is 2.33 bits per heavy atom. The van der Waals surface area contributed by atoms with Crippen molar-refractivity contribution in [2.24, 2.45) is 0 Å². The maximum Gasteiger partial charge on any atom is 0.149 e. The Hall–Kier alpha value is -0.150. The third-order valence-corrected chi connectivity index (χ3v) is 2.83. The summed E-state index contributed by atoms with van der Waals surface area (Å²) in [6.07, 6.45) is 0.752. The third-order valence-electron chi connectivity index (χ3n) is 2.83. The van der Waals surface area contributed by atoms with Crippen molar-refractivity contribution in [2.75, 3.05) is 19.7 Å². The smallest absolute Gasteiger partial charge is 0.149 e. The van der Waals surface area contributed by atoms with Crippen LogP contribution in [0.1, 0.15) is 20.3 Å². The van der Waals surface area contributed by atoms with Gasteiger partial charge in [0.1, 0.15) is 5.67 Å². The normalized spacial score (nSPS) is 42.5. The van der Waals surface area contributed by atoms with E-state index >= 15 is 0 Å². The van der Waals surface area contributed by atoms with Gasteiger partial charge in [0.05, 0.1) is 12.7 Å². The highest BCUT2D eigenvalue weighted by Crippen LogP contribution is 2.34. The first kappa shape index (κ1) is 8.45. The number of hydrogen-bond acceptors (Lipinski definition) is 2. The first-order chi connectivity index (χ1) is 5.59. The van der Waals surface area contributed by atoms with Crippen molar-refractivity contribution >= 4 is 0 Å². The van der Waals surface area contributed by atoms with Crippen LogP contribution >= 0.6 is 0 Å². The molecule has 2 bridgehead atoms. The van der Waals surface area contributed by atoms with Gasteiger partial charge in [0.25, 0.3) is 0 Å². The summed E-state index contributed by atoms with van der Waals surface area (Å²) in [5, 5.41) is 0. The lowest BCUT2D eigenvalue weighted by molar-refractivity contribution is 0.0526. The predicted octanol–water partition coefficient (Wildman–Crippen LogP) is 1.21. The van der Waals surface area contributed by atoms with E-state index in [1.165, 1.54) is 0 Å². The van der Waals surface area contributed by atoms with E-state index in [1.807, 2.05) is 0 Å². The molecule has 2 atom stereocenters. The molecule has 0 aromatic carbocycles. The highest BCUT2D eigenvalue weighted by atomic mass is 19.1. The van der Waals surface area contributed by atoms with Gasteiger partial charge >= 0.3 is 0 Å². The summed E-state index contributed by atoms with van der Waals surface area (Å²) in [7, 11) is 0. The molecule has 0 radical (unpaired) electrons. The van der Waals surface area contributed by atoms with Crippen LogP contribution in [0.5, 0.6) is 0 Å². The lowest BCUT2D eigenvalue weighted by Crippen LogP contribution is -2.49. The fourth-order valence-corrected chi connectivity index (χ4v) is 2.10. The molecule has 0 N–H and O–H groups in total. The minimum Gasteiger partial charge on any atom is -0.373 e. The molecule has 3 heteroatoms. The SMILES string of the molecule is CC(C)N1C[C@H]2CC(F)(CO2)C1. The van der Waals surface area contributed by atoms with E-state index < -0.39 is 5.67 Å². The molecule has 12 heavy (non-hydrogen) atoms. The molecule has 1 unspecified atom stereocenters. The average molecular weight is 173 g/mol. The van der Waals surface area contributed by atoms with Crippen molar-refractivity contribution in [3.8, 4) is 0 Å². The van der Waals surface area contributed by atoms with E-state index in [2.05, 4.69) is 18.7 Å². The van der Waals surface area contributed by atoms with E-state index in [9.17, 15) is 4.39 Å². The fraction of sp³-hybridized carbons (Fsp3) is 1.00. The predicted molar refractivity (Wildman–Crippen MR) is 44.9 cm³/mol. The van der Waals surface area contributed by atoms with Crippen LogP contribution in [0.2, 0.25) is 0 Å². The third kappa shape index (κ3) is 1.36. The monoisotopic (exact) mass is 173 g/mol. The second-order valence-corrected chi connectivity index (χ2v) is 4.31. The van der Waals surface area contributed by atoms with E-state index in [0.29, 0.717) is 25.6 Å². The summed E-state index contributed by atoms with van der Waals surface area (Å²) < 4.78 is 19.1. The topological polar surface area (TPSA) is 12.5 Å². The summed E-state index contributed by atoms with van der Waals surface area (Å²) in [4.78, 5) is 2.17. The van der Waals surface area contributed by atoms with E-state index in [1.54, 1.807) is 0 Å². The Bertz CT molecular complexity index is 185. The number of halogens is 1. The van der Waals surface area contributed by atoms with Gasteiger partial charge in [-0.1, -0.05) is 0 Å². The first-order valence-corrected chi connectivity index (χ1v) is 4.64.